The molecule has 0 radical (unpaired) electrons. The Morgan fingerprint density at radius 3 is 3.13 bits per heavy atom. The number of nitrogens with one attached hydrogen (secondary N) is 1. The van der Waals surface area contributed by atoms with Crippen LogP contribution in [0.1, 0.15) is 37.1 Å². The molecule has 6 heteroatoms. The van der Waals surface area contributed by atoms with Crippen molar-refractivity contribution in [1.29, 1.82) is 0 Å². The lowest BCUT2D eigenvalue weighted by molar-refractivity contribution is -0.138. The Morgan fingerprint density at radius 2 is 2.30 bits per heavy atom. The number of nitrogens with zero attached hydrogens (tertiary/aromatic N) is 4. The molecule has 1 aliphatic heterocycles. The maximum absolute atomic E-state index is 13.0. The smallest absolute Gasteiger partial charge is 0.226 e. The molecule has 1 amide bonds. The van der Waals surface area contributed by atoms with Crippen molar-refractivity contribution >= 4 is 5.91 Å². The molecule has 1 saturated heterocycles. The predicted molar refractivity (Wildman–Crippen MR) is 85.7 cm³/mol. The summed E-state index contributed by atoms with van der Waals surface area (Å²) in [6.45, 7) is 3.94. The van der Waals surface area contributed by atoms with Gasteiger partial charge >= 0.3 is 0 Å². The van der Waals surface area contributed by atoms with E-state index in [1.54, 1.807) is 0 Å². The highest BCUT2D eigenvalue weighted by Gasteiger charge is 2.34. The van der Waals surface area contributed by atoms with Crippen molar-refractivity contribution in [3.05, 3.63) is 36.2 Å². The second kappa shape index (κ2) is 5.83. The van der Waals surface area contributed by atoms with Gasteiger partial charge in [-0.2, -0.15) is 5.10 Å². The molecule has 3 heterocycles. The first kappa shape index (κ1) is 14.5. The second-order valence-corrected chi connectivity index (χ2v) is 6.94. The zero-order chi connectivity index (χ0) is 15.8. The largest absolute Gasteiger partial charge is 0.340 e. The fraction of sp³-hybridized carbons (Fsp3) is 0.588. The van der Waals surface area contributed by atoms with E-state index in [4.69, 9.17) is 0 Å². The van der Waals surface area contributed by atoms with Crippen molar-refractivity contribution in [3.63, 3.8) is 0 Å². The minimum absolute atomic E-state index is 0.108. The molecule has 0 bridgehead atoms. The van der Waals surface area contributed by atoms with Crippen LogP contribution in [0.4, 0.5) is 0 Å². The van der Waals surface area contributed by atoms with Crippen LogP contribution >= 0.6 is 0 Å². The molecular formula is C17H23N5O. The number of piperidine rings is 1. The van der Waals surface area contributed by atoms with Crippen LogP contribution in [0, 0.1) is 11.8 Å². The minimum Gasteiger partial charge on any atom is -0.340 e. The van der Waals surface area contributed by atoms with E-state index in [0.717, 1.165) is 38.8 Å². The molecule has 1 N–H and O–H groups in total. The Kier molecular flexibility index (Phi) is 3.67. The Bertz CT molecular complexity index is 677. The van der Waals surface area contributed by atoms with Crippen LogP contribution in [-0.4, -0.2) is 43.6 Å². The van der Waals surface area contributed by atoms with Crippen LogP contribution in [0.15, 0.2) is 24.9 Å². The lowest BCUT2D eigenvalue weighted by atomic mass is 9.85. The fourth-order valence-corrected chi connectivity index (χ4v) is 3.99. The topological polar surface area (TPSA) is 66.8 Å². The van der Waals surface area contributed by atoms with Gasteiger partial charge in [-0.1, -0.05) is 6.92 Å². The van der Waals surface area contributed by atoms with Crippen molar-refractivity contribution in [1.82, 2.24) is 24.6 Å². The summed E-state index contributed by atoms with van der Waals surface area (Å²) in [5.41, 5.74) is 2.42. The summed E-state index contributed by atoms with van der Waals surface area (Å²) in [4.78, 5) is 19.2. The number of aromatic nitrogens is 4. The summed E-state index contributed by atoms with van der Waals surface area (Å²) in [5, 5.41) is 7.15. The molecule has 0 aromatic carbocycles. The van der Waals surface area contributed by atoms with Crippen molar-refractivity contribution < 1.29 is 4.79 Å². The average Bonchev–Trinajstić information content (AvgIpc) is 3.25. The van der Waals surface area contributed by atoms with Crippen LogP contribution in [-0.2, 0) is 17.6 Å². The zero-order valence-electron chi connectivity index (χ0n) is 13.5. The summed E-state index contributed by atoms with van der Waals surface area (Å²) in [6, 6.07) is 0.336. The molecule has 23 heavy (non-hydrogen) atoms. The maximum atomic E-state index is 13.0. The number of amides is 1. The first-order valence-corrected chi connectivity index (χ1v) is 8.49. The molecule has 0 saturated carbocycles. The van der Waals surface area contributed by atoms with Gasteiger partial charge in [0, 0.05) is 37.1 Å². The first-order valence-electron chi connectivity index (χ1n) is 8.49. The van der Waals surface area contributed by atoms with E-state index in [-0.39, 0.29) is 5.92 Å². The van der Waals surface area contributed by atoms with Crippen molar-refractivity contribution in [2.45, 2.75) is 38.6 Å². The van der Waals surface area contributed by atoms with Gasteiger partial charge in [0.05, 0.1) is 18.6 Å². The van der Waals surface area contributed by atoms with E-state index in [2.05, 4.69) is 31.6 Å². The number of imidazole rings is 1. The molecule has 1 aliphatic carbocycles. The summed E-state index contributed by atoms with van der Waals surface area (Å²) >= 11 is 0. The third kappa shape index (κ3) is 2.66. The number of hydrogen-bond acceptors (Lipinski definition) is 3. The van der Waals surface area contributed by atoms with Crippen LogP contribution in [0.2, 0.25) is 0 Å². The molecule has 122 valence electrons. The number of rotatable bonds is 2. The summed E-state index contributed by atoms with van der Waals surface area (Å²) in [5.74, 6) is 0.992. The van der Waals surface area contributed by atoms with E-state index in [1.165, 1.54) is 11.3 Å². The monoisotopic (exact) mass is 313 g/mol. The number of H-pyrrole nitrogens is 1. The van der Waals surface area contributed by atoms with E-state index >= 15 is 0 Å². The summed E-state index contributed by atoms with van der Waals surface area (Å²) < 4.78 is 2.15. The van der Waals surface area contributed by atoms with Crippen molar-refractivity contribution in [3.8, 4) is 0 Å². The lowest BCUT2D eigenvalue weighted by Gasteiger charge is -2.39. The third-order valence-corrected chi connectivity index (χ3v) is 5.50. The molecule has 2 aliphatic rings. The Morgan fingerprint density at radius 1 is 1.39 bits per heavy atom. The van der Waals surface area contributed by atoms with Gasteiger partial charge in [-0.05, 0) is 37.2 Å². The van der Waals surface area contributed by atoms with Gasteiger partial charge in [-0.15, -0.1) is 0 Å². The quantitative estimate of drug-likeness (QED) is 0.919. The Labute approximate surface area is 135 Å². The van der Waals surface area contributed by atoms with Gasteiger partial charge in [0.25, 0.3) is 0 Å². The van der Waals surface area contributed by atoms with Crippen molar-refractivity contribution in [2.24, 2.45) is 11.8 Å². The Hall–Kier alpha value is -2.11. The van der Waals surface area contributed by atoms with E-state index in [1.807, 2.05) is 24.9 Å². The number of likely N-dealkylation sites (tertiary alicyclic amines) is 1. The van der Waals surface area contributed by atoms with Crippen LogP contribution < -0.4 is 0 Å². The summed E-state index contributed by atoms with van der Waals surface area (Å²) in [7, 11) is 0. The highest BCUT2D eigenvalue weighted by molar-refractivity contribution is 5.79. The normalized spacial score (nSPS) is 27.7. The van der Waals surface area contributed by atoms with Gasteiger partial charge in [-0.3, -0.25) is 9.89 Å². The Balaban J connectivity index is 1.46. The summed E-state index contributed by atoms with van der Waals surface area (Å²) in [6.07, 6.45) is 11.3. The van der Waals surface area contributed by atoms with Crippen LogP contribution in [0.5, 0.6) is 0 Å². The molecule has 1 fully saturated rings. The number of fused-ring (bicyclic) bond motifs is 1. The van der Waals surface area contributed by atoms with E-state index in [9.17, 15) is 4.79 Å². The number of aryl methyl sites for hydroxylation is 1. The highest BCUT2D eigenvalue weighted by Crippen LogP contribution is 2.31. The van der Waals surface area contributed by atoms with Gasteiger partial charge in [-0.25, -0.2) is 4.98 Å². The molecule has 4 rings (SSSR count). The van der Waals surface area contributed by atoms with Gasteiger partial charge in [0.1, 0.15) is 0 Å². The van der Waals surface area contributed by atoms with Crippen molar-refractivity contribution in [2.75, 3.05) is 13.1 Å². The van der Waals surface area contributed by atoms with E-state index < -0.39 is 0 Å². The van der Waals surface area contributed by atoms with Gasteiger partial charge < -0.3 is 9.47 Å². The standard InChI is InChI=1S/C17H23N5O/c1-12-4-6-21(10-16(12)22-7-5-18-11-22)17(23)13-2-3-15-14(8-13)9-19-20-15/h5,7,9,11-13,16H,2-4,6,8,10H2,1H3,(H,19,20). The molecule has 3 unspecified atom stereocenters. The maximum Gasteiger partial charge on any atom is 0.226 e. The molecule has 0 spiro atoms. The number of carbonyl (C=O) groups is 1. The van der Waals surface area contributed by atoms with Gasteiger partial charge in [0.15, 0.2) is 0 Å². The SMILES string of the molecule is CC1CCN(C(=O)C2CCc3[nH]ncc3C2)CC1n1ccnc1. The average molecular weight is 313 g/mol. The van der Waals surface area contributed by atoms with E-state index in [0.29, 0.717) is 17.9 Å². The van der Waals surface area contributed by atoms with Crippen LogP contribution in [0.25, 0.3) is 0 Å². The molecule has 2 aromatic rings. The first-order chi connectivity index (χ1) is 11.2. The number of carbonyl (C=O) groups excluding carboxylic acids is 1. The zero-order valence-corrected chi connectivity index (χ0v) is 13.5. The highest BCUT2D eigenvalue weighted by atomic mass is 16.2. The molecular weight excluding hydrogens is 290 g/mol. The lowest BCUT2D eigenvalue weighted by Crippen LogP contribution is -2.46. The predicted octanol–water partition coefficient (Wildman–Crippen LogP) is 1.82. The molecule has 3 atom stereocenters. The second-order valence-electron chi connectivity index (χ2n) is 6.94. The van der Waals surface area contributed by atoms with Gasteiger partial charge in [0.2, 0.25) is 5.91 Å². The molecule has 2 aromatic heterocycles. The minimum atomic E-state index is 0.108. The fourth-order valence-electron chi connectivity index (χ4n) is 3.99. The molecule has 6 nitrogen and oxygen atoms in total. The number of aromatic amines is 1. The third-order valence-electron chi connectivity index (χ3n) is 5.50. The number of hydrogen-bond donors (Lipinski definition) is 1. The van der Waals surface area contributed by atoms with Crippen LogP contribution in [0.3, 0.4) is 0 Å².